The molecule has 0 fully saturated rings. The minimum Gasteiger partial charge on any atom is -0.330 e. The SMILES string of the molecule is CC(C)(CCCCCCN)CCCCCCI. The van der Waals surface area contributed by atoms with Gasteiger partial charge in [0.1, 0.15) is 0 Å². The molecule has 0 aromatic carbocycles. The van der Waals surface area contributed by atoms with Gasteiger partial charge in [0.2, 0.25) is 0 Å². The highest BCUT2D eigenvalue weighted by Crippen LogP contribution is 2.30. The lowest BCUT2D eigenvalue weighted by atomic mass is 9.82. The van der Waals surface area contributed by atoms with Crippen LogP contribution in [0.2, 0.25) is 0 Å². The molecular formula is C15H32IN. The van der Waals surface area contributed by atoms with Gasteiger partial charge in [0.15, 0.2) is 0 Å². The van der Waals surface area contributed by atoms with E-state index < -0.39 is 0 Å². The van der Waals surface area contributed by atoms with E-state index in [4.69, 9.17) is 5.73 Å². The van der Waals surface area contributed by atoms with E-state index in [9.17, 15) is 0 Å². The van der Waals surface area contributed by atoms with E-state index >= 15 is 0 Å². The number of alkyl halides is 1. The van der Waals surface area contributed by atoms with Gasteiger partial charge in [-0.2, -0.15) is 0 Å². The molecule has 0 spiro atoms. The van der Waals surface area contributed by atoms with E-state index in [0.29, 0.717) is 5.41 Å². The van der Waals surface area contributed by atoms with Crippen LogP contribution < -0.4 is 5.73 Å². The van der Waals surface area contributed by atoms with Crippen LogP contribution in [0.25, 0.3) is 0 Å². The molecule has 0 saturated carbocycles. The maximum Gasteiger partial charge on any atom is -0.000473 e. The fraction of sp³-hybridized carbons (Fsp3) is 1.00. The summed E-state index contributed by atoms with van der Waals surface area (Å²) in [6.07, 6.45) is 13.8. The van der Waals surface area contributed by atoms with Crippen molar-refractivity contribution in [2.75, 3.05) is 11.0 Å². The standard InChI is InChI=1S/C15H32IN/c1-15(2,11-7-3-5-9-13-16)12-8-4-6-10-14-17/h3-14,17H2,1-2H3. The second-order valence-corrected chi connectivity index (χ2v) is 7.05. The van der Waals surface area contributed by atoms with Gasteiger partial charge >= 0.3 is 0 Å². The van der Waals surface area contributed by atoms with Crippen molar-refractivity contribution in [2.45, 2.75) is 78.1 Å². The first-order valence-electron chi connectivity index (χ1n) is 7.38. The van der Waals surface area contributed by atoms with Gasteiger partial charge in [0.25, 0.3) is 0 Å². The summed E-state index contributed by atoms with van der Waals surface area (Å²) in [6.45, 7) is 5.74. The van der Waals surface area contributed by atoms with E-state index in [0.717, 1.165) is 6.54 Å². The fourth-order valence-corrected chi connectivity index (χ4v) is 2.82. The van der Waals surface area contributed by atoms with Crippen molar-refractivity contribution >= 4 is 22.6 Å². The van der Waals surface area contributed by atoms with E-state index in [2.05, 4.69) is 36.4 Å². The molecule has 0 atom stereocenters. The van der Waals surface area contributed by atoms with Gasteiger partial charge in [0.05, 0.1) is 0 Å². The third-order valence-corrected chi connectivity index (χ3v) is 4.31. The Hall–Kier alpha value is 0.690. The van der Waals surface area contributed by atoms with Crippen LogP contribution in [0.5, 0.6) is 0 Å². The number of nitrogens with two attached hydrogens (primary N) is 1. The van der Waals surface area contributed by atoms with Crippen molar-refractivity contribution in [1.82, 2.24) is 0 Å². The highest BCUT2D eigenvalue weighted by atomic mass is 127. The minimum absolute atomic E-state index is 0.563. The molecule has 0 amide bonds. The van der Waals surface area contributed by atoms with Gasteiger partial charge in [-0.05, 0) is 42.1 Å². The third kappa shape index (κ3) is 12.9. The lowest BCUT2D eigenvalue weighted by molar-refractivity contribution is 0.283. The van der Waals surface area contributed by atoms with Gasteiger partial charge in [-0.15, -0.1) is 0 Å². The fourth-order valence-electron chi connectivity index (χ4n) is 2.28. The zero-order valence-electron chi connectivity index (χ0n) is 11.9. The Morgan fingerprint density at radius 3 is 1.71 bits per heavy atom. The Balaban J connectivity index is 3.38. The van der Waals surface area contributed by atoms with Crippen molar-refractivity contribution in [3.8, 4) is 0 Å². The molecule has 0 unspecified atom stereocenters. The zero-order valence-corrected chi connectivity index (χ0v) is 14.1. The second kappa shape index (κ2) is 11.8. The third-order valence-electron chi connectivity index (χ3n) is 3.54. The molecule has 0 bridgehead atoms. The molecule has 0 aliphatic heterocycles. The first-order valence-corrected chi connectivity index (χ1v) is 8.91. The quantitative estimate of drug-likeness (QED) is 0.287. The Morgan fingerprint density at radius 2 is 1.24 bits per heavy atom. The molecule has 1 nitrogen and oxygen atoms in total. The Morgan fingerprint density at radius 1 is 0.765 bits per heavy atom. The molecule has 0 heterocycles. The first kappa shape index (κ1) is 17.7. The normalized spacial score (nSPS) is 12.0. The van der Waals surface area contributed by atoms with E-state index in [1.165, 1.54) is 68.6 Å². The second-order valence-electron chi connectivity index (χ2n) is 5.97. The monoisotopic (exact) mass is 353 g/mol. The summed E-state index contributed by atoms with van der Waals surface area (Å²) in [4.78, 5) is 0. The molecule has 2 heteroatoms. The predicted molar refractivity (Wildman–Crippen MR) is 87.9 cm³/mol. The molecule has 0 aromatic heterocycles. The van der Waals surface area contributed by atoms with E-state index in [1.54, 1.807) is 0 Å². The maximum absolute atomic E-state index is 5.50. The molecule has 0 saturated heterocycles. The Labute approximate surface area is 122 Å². The van der Waals surface area contributed by atoms with Crippen molar-refractivity contribution < 1.29 is 0 Å². The van der Waals surface area contributed by atoms with Crippen molar-refractivity contribution in [1.29, 1.82) is 0 Å². The highest BCUT2D eigenvalue weighted by Gasteiger charge is 2.16. The van der Waals surface area contributed by atoms with Crippen LogP contribution in [0, 0.1) is 5.41 Å². The average molecular weight is 353 g/mol. The van der Waals surface area contributed by atoms with Crippen LogP contribution in [0.3, 0.4) is 0 Å². The molecular weight excluding hydrogens is 321 g/mol. The smallest absolute Gasteiger partial charge is 0.000473 e. The van der Waals surface area contributed by atoms with Crippen molar-refractivity contribution in [3.63, 3.8) is 0 Å². The summed E-state index contributed by atoms with van der Waals surface area (Å²) >= 11 is 2.48. The molecule has 0 aromatic rings. The molecule has 17 heavy (non-hydrogen) atoms. The molecule has 2 N–H and O–H groups in total. The van der Waals surface area contributed by atoms with Gasteiger partial charge in [-0.3, -0.25) is 0 Å². The van der Waals surface area contributed by atoms with Crippen LogP contribution >= 0.6 is 22.6 Å². The molecule has 0 rings (SSSR count). The Bertz CT molecular complexity index is 141. The lowest BCUT2D eigenvalue weighted by Gasteiger charge is -2.24. The average Bonchev–Trinajstić information content (AvgIpc) is 2.28. The van der Waals surface area contributed by atoms with E-state index in [-0.39, 0.29) is 0 Å². The summed E-state index contributed by atoms with van der Waals surface area (Å²) in [6, 6.07) is 0. The summed E-state index contributed by atoms with van der Waals surface area (Å²) in [5, 5.41) is 0. The first-order chi connectivity index (χ1) is 8.12. The minimum atomic E-state index is 0.563. The summed E-state index contributed by atoms with van der Waals surface area (Å²) in [7, 11) is 0. The van der Waals surface area contributed by atoms with Crippen LogP contribution in [-0.4, -0.2) is 11.0 Å². The predicted octanol–water partition coefficient (Wildman–Crippen LogP) is 5.31. The number of halogens is 1. The number of hydrogen-bond acceptors (Lipinski definition) is 1. The molecule has 0 aliphatic carbocycles. The number of unbranched alkanes of at least 4 members (excludes halogenated alkanes) is 6. The number of rotatable bonds is 12. The molecule has 0 aliphatic rings. The van der Waals surface area contributed by atoms with Crippen LogP contribution in [0.1, 0.15) is 78.1 Å². The largest absolute Gasteiger partial charge is 0.330 e. The number of hydrogen-bond donors (Lipinski definition) is 1. The Kier molecular flexibility index (Phi) is 12.2. The van der Waals surface area contributed by atoms with Crippen LogP contribution in [0.4, 0.5) is 0 Å². The maximum atomic E-state index is 5.50. The highest BCUT2D eigenvalue weighted by molar-refractivity contribution is 14.1. The van der Waals surface area contributed by atoms with Crippen LogP contribution in [-0.2, 0) is 0 Å². The molecule has 0 radical (unpaired) electrons. The summed E-state index contributed by atoms with van der Waals surface area (Å²) in [5.74, 6) is 0. The topological polar surface area (TPSA) is 26.0 Å². The lowest BCUT2D eigenvalue weighted by Crippen LogP contribution is -2.11. The summed E-state index contributed by atoms with van der Waals surface area (Å²) < 4.78 is 1.32. The van der Waals surface area contributed by atoms with Crippen LogP contribution in [0.15, 0.2) is 0 Å². The van der Waals surface area contributed by atoms with Gasteiger partial charge in [-0.1, -0.05) is 75.0 Å². The van der Waals surface area contributed by atoms with Gasteiger partial charge in [-0.25, -0.2) is 0 Å². The van der Waals surface area contributed by atoms with Crippen molar-refractivity contribution in [3.05, 3.63) is 0 Å². The molecule has 104 valence electrons. The van der Waals surface area contributed by atoms with Gasteiger partial charge < -0.3 is 5.73 Å². The van der Waals surface area contributed by atoms with E-state index in [1.807, 2.05) is 0 Å². The van der Waals surface area contributed by atoms with Gasteiger partial charge in [0, 0.05) is 0 Å². The van der Waals surface area contributed by atoms with Crippen molar-refractivity contribution in [2.24, 2.45) is 11.1 Å². The zero-order chi connectivity index (χ0) is 13.0. The summed E-state index contributed by atoms with van der Waals surface area (Å²) in [5.41, 5.74) is 6.06.